The smallest absolute Gasteiger partial charge is 0.247 e. The van der Waals surface area contributed by atoms with Crippen LogP contribution >= 0.6 is 11.6 Å². The number of hydrogen-bond donors (Lipinski definition) is 1. The second-order valence-electron chi connectivity index (χ2n) is 5.78. The number of methoxy groups -OCH3 is 1. The molecule has 0 radical (unpaired) electrons. The Bertz CT molecular complexity index is 877. The molecule has 0 spiro atoms. The molecule has 1 aliphatic rings. The summed E-state index contributed by atoms with van der Waals surface area (Å²) in [5.74, 6) is 1.71. The number of sulfone groups is 1. The number of nitrogens with zero attached hydrogens (tertiary/aromatic N) is 4. The van der Waals surface area contributed by atoms with Gasteiger partial charge in [0.1, 0.15) is 5.75 Å². The van der Waals surface area contributed by atoms with Crippen molar-refractivity contribution in [1.29, 1.82) is 0 Å². The molecule has 10 heteroatoms. The summed E-state index contributed by atoms with van der Waals surface area (Å²) in [6.45, 7) is 0. The van der Waals surface area contributed by atoms with E-state index in [1.165, 1.54) is 6.20 Å². The minimum atomic E-state index is -2.99. The summed E-state index contributed by atoms with van der Waals surface area (Å²) in [6, 6.07) is 5.04. The van der Waals surface area contributed by atoms with Gasteiger partial charge in [-0.25, -0.2) is 8.42 Å². The van der Waals surface area contributed by atoms with E-state index in [1.807, 2.05) is 0 Å². The highest BCUT2D eigenvalue weighted by molar-refractivity contribution is 7.91. The van der Waals surface area contributed by atoms with Gasteiger partial charge in [-0.1, -0.05) is 11.6 Å². The Morgan fingerprint density at radius 1 is 1.40 bits per heavy atom. The van der Waals surface area contributed by atoms with E-state index in [2.05, 4.69) is 20.5 Å². The van der Waals surface area contributed by atoms with Gasteiger partial charge in [0.2, 0.25) is 5.95 Å². The maximum Gasteiger partial charge on any atom is 0.247 e. The Morgan fingerprint density at radius 3 is 2.88 bits per heavy atom. The first-order valence-electron chi connectivity index (χ1n) is 7.61. The van der Waals surface area contributed by atoms with E-state index in [1.54, 1.807) is 37.3 Å². The monoisotopic (exact) mass is 383 g/mol. The zero-order chi connectivity index (χ0) is 18.0. The predicted molar refractivity (Wildman–Crippen MR) is 96.6 cm³/mol. The molecule has 3 rings (SSSR count). The molecule has 0 bridgehead atoms. The number of aromatic nitrogens is 3. The maximum atomic E-state index is 11.7. The van der Waals surface area contributed by atoms with Gasteiger partial charge in [-0.2, -0.15) is 10.1 Å². The quantitative estimate of drug-likeness (QED) is 0.836. The molecule has 1 saturated heterocycles. The maximum absolute atomic E-state index is 11.7. The lowest BCUT2D eigenvalue weighted by molar-refractivity contribution is 0.417. The van der Waals surface area contributed by atoms with Crippen molar-refractivity contribution in [3.63, 3.8) is 0 Å². The number of ether oxygens (including phenoxy) is 1. The van der Waals surface area contributed by atoms with Gasteiger partial charge in [0, 0.05) is 18.1 Å². The van der Waals surface area contributed by atoms with Gasteiger partial charge in [-0.05, 0) is 24.6 Å². The second-order valence-corrected chi connectivity index (χ2v) is 8.44. The van der Waals surface area contributed by atoms with Crippen molar-refractivity contribution >= 4 is 38.9 Å². The minimum Gasteiger partial charge on any atom is -0.495 e. The first-order valence-corrected chi connectivity index (χ1v) is 9.81. The van der Waals surface area contributed by atoms with Crippen molar-refractivity contribution in [3.8, 4) is 5.75 Å². The van der Waals surface area contributed by atoms with E-state index in [-0.39, 0.29) is 17.5 Å². The van der Waals surface area contributed by atoms with Gasteiger partial charge >= 0.3 is 0 Å². The Morgan fingerprint density at radius 2 is 2.20 bits per heavy atom. The summed E-state index contributed by atoms with van der Waals surface area (Å²) in [4.78, 5) is 6.16. The lowest BCUT2D eigenvalue weighted by Crippen LogP contribution is -2.34. The third-order valence-corrected chi connectivity index (χ3v) is 6.03. The van der Waals surface area contributed by atoms with E-state index in [4.69, 9.17) is 16.3 Å². The molecule has 8 nitrogen and oxygen atoms in total. The zero-order valence-electron chi connectivity index (χ0n) is 13.8. The van der Waals surface area contributed by atoms with Crippen molar-refractivity contribution in [1.82, 2.24) is 15.2 Å². The van der Waals surface area contributed by atoms with Gasteiger partial charge < -0.3 is 15.0 Å². The summed E-state index contributed by atoms with van der Waals surface area (Å²) in [5, 5.41) is 11.6. The first kappa shape index (κ1) is 17.7. The molecular weight excluding hydrogens is 366 g/mol. The predicted octanol–water partition coefficient (Wildman–Crippen LogP) is 1.90. The average Bonchev–Trinajstić information content (AvgIpc) is 2.95. The molecular formula is C15H18ClN5O3S. The van der Waals surface area contributed by atoms with E-state index in [9.17, 15) is 8.42 Å². The topological polar surface area (TPSA) is 97.3 Å². The van der Waals surface area contributed by atoms with Gasteiger partial charge in [-0.15, -0.1) is 5.10 Å². The molecule has 1 atom stereocenters. The Balaban J connectivity index is 1.81. The lowest BCUT2D eigenvalue weighted by atomic mass is 10.2. The van der Waals surface area contributed by atoms with Crippen molar-refractivity contribution < 1.29 is 13.2 Å². The molecule has 1 aromatic heterocycles. The third-order valence-electron chi connectivity index (χ3n) is 4.04. The van der Waals surface area contributed by atoms with E-state index in [0.29, 0.717) is 34.6 Å². The van der Waals surface area contributed by atoms with E-state index >= 15 is 0 Å². The second kappa shape index (κ2) is 7.01. The number of rotatable bonds is 5. The fraction of sp³-hybridized carbons (Fsp3) is 0.400. The molecule has 1 aliphatic heterocycles. The van der Waals surface area contributed by atoms with Crippen molar-refractivity contribution in [2.75, 3.05) is 35.9 Å². The lowest BCUT2D eigenvalue weighted by Gasteiger charge is -2.23. The minimum absolute atomic E-state index is 0.104. The van der Waals surface area contributed by atoms with Crippen LogP contribution in [0.5, 0.6) is 5.75 Å². The van der Waals surface area contributed by atoms with Crippen molar-refractivity contribution in [2.45, 2.75) is 12.5 Å². The van der Waals surface area contributed by atoms with Gasteiger partial charge in [0.05, 0.1) is 30.5 Å². The fourth-order valence-corrected chi connectivity index (χ4v) is 4.61. The number of nitrogens with one attached hydrogen (secondary N) is 1. The molecule has 1 fully saturated rings. The summed E-state index contributed by atoms with van der Waals surface area (Å²) in [5.41, 5.74) is 0.646. The van der Waals surface area contributed by atoms with Gasteiger partial charge in [0.15, 0.2) is 15.7 Å². The SMILES string of the molecule is COc1ccc(Cl)cc1Nc1cnnc(N(C)C2CCS(=O)(=O)C2)n1. The number of benzene rings is 1. The third kappa shape index (κ3) is 4.10. The van der Waals surface area contributed by atoms with Crippen LogP contribution in [-0.4, -0.2) is 55.3 Å². The number of halogens is 1. The largest absolute Gasteiger partial charge is 0.495 e. The van der Waals surface area contributed by atoms with E-state index in [0.717, 1.165) is 0 Å². The fourth-order valence-electron chi connectivity index (χ4n) is 2.66. The molecule has 0 amide bonds. The van der Waals surface area contributed by atoms with E-state index < -0.39 is 9.84 Å². The first-order chi connectivity index (χ1) is 11.9. The highest BCUT2D eigenvalue weighted by atomic mass is 35.5. The summed E-state index contributed by atoms with van der Waals surface area (Å²) >= 11 is 6.03. The van der Waals surface area contributed by atoms with Crippen LogP contribution in [0.25, 0.3) is 0 Å². The van der Waals surface area contributed by atoms with Crippen LogP contribution in [0, 0.1) is 0 Å². The number of hydrogen-bond acceptors (Lipinski definition) is 8. The normalized spacial score (nSPS) is 18.8. The van der Waals surface area contributed by atoms with Crippen LogP contribution in [0.15, 0.2) is 24.4 Å². The van der Waals surface area contributed by atoms with Crippen LogP contribution in [0.1, 0.15) is 6.42 Å². The highest BCUT2D eigenvalue weighted by Crippen LogP contribution is 2.30. The molecule has 2 heterocycles. The Labute approximate surface area is 151 Å². The van der Waals surface area contributed by atoms with Crippen LogP contribution in [0.2, 0.25) is 5.02 Å². The van der Waals surface area contributed by atoms with Crippen LogP contribution < -0.4 is 15.0 Å². The molecule has 1 unspecified atom stereocenters. The van der Waals surface area contributed by atoms with Gasteiger partial charge in [-0.3, -0.25) is 0 Å². The molecule has 0 aliphatic carbocycles. The van der Waals surface area contributed by atoms with Crippen molar-refractivity contribution in [2.24, 2.45) is 0 Å². The van der Waals surface area contributed by atoms with Crippen molar-refractivity contribution in [3.05, 3.63) is 29.4 Å². The molecule has 0 saturated carbocycles. The Kier molecular flexibility index (Phi) is 4.96. The van der Waals surface area contributed by atoms with Crippen LogP contribution in [0.4, 0.5) is 17.5 Å². The van der Waals surface area contributed by atoms with Crippen LogP contribution in [-0.2, 0) is 9.84 Å². The summed E-state index contributed by atoms with van der Waals surface area (Å²) < 4.78 is 28.6. The standard InChI is InChI=1S/C15H18ClN5O3S/c1-21(11-5-6-25(22,23)9-11)15-19-14(8-17-20-15)18-12-7-10(16)3-4-13(12)24-2/h3-4,7-8,11H,5-6,9H2,1-2H3,(H,18,19,20). The summed E-state index contributed by atoms with van der Waals surface area (Å²) in [6.07, 6.45) is 2.03. The Hall–Kier alpha value is -2.13. The molecule has 2 aromatic rings. The zero-order valence-corrected chi connectivity index (χ0v) is 15.4. The highest BCUT2D eigenvalue weighted by Gasteiger charge is 2.32. The summed E-state index contributed by atoms with van der Waals surface area (Å²) in [7, 11) is 0.347. The van der Waals surface area contributed by atoms with Crippen LogP contribution in [0.3, 0.4) is 0 Å². The van der Waals surface area contributed by atoms with Gasteiger partial charge in [0.25, 0.3) is 0 Å². The molecule has 1 N–H and O–H groups in total. The molecule has 25 heavy (non-hydrogen) atoms. The average molecular weight is 384 g/mol. The molecule has 1 aromatic carbocycles. The number of anilines is 3. The molecule has 134 valence electrons.